The number of hydrogen-bond donors (Lipinski definition) is 0. The highest BCUT2D eigenvalue weighted by atomic mass is 79.9. The molecule has 0 fully saturated rings. The molecule has 2 rings (SSSR count). The van der Waals surface area contributed by atoms with Crippen molar-refractivity contribution in [2.45, 2.75) is 0 Å². The second-order valence-corrected chi connectivity index (χ2v) is 5.20. The average molecular weight is 335 g/mol. The largest absolute Gasteiger partial charge is 0.291 e. The first-order valence-electron chi connectivity index (χ1n) is 4.62. The maximum Gasteiger partial charge on any atom is 0.196 e. The van der Waals surface area contributed by atoms with Gasteiger partial charge in [-0.15, -0.1) is 22.9 Å². The summed E-state index contributed by atoms with van der Waals surface area (Å²) in [6.07, 6.45) is 0. The Hall–Kier alpha value is -0.780. The maximum atomic E-state index is 12.9. The third-order valence-electron chi connectivity index (χ3n) is 2.07. The van der Waals surface area contributed by atoms with Crippen LogP contribution < -0.4 is 0 Å². The number of benzene rings is 1. The summed E-state index contributed by atoms with van der Waals surface area (Å²) >= 11 is 10.0. The van der Waals surface area contributed by atoms with Crippen LogP contribution in [-0.2, 0) is 0 Å². The number of carbonyl (C=O) groups excluding carboxylic acids is 1. The molecule has 17 heavy (non-hydrogen) atoms. The first-order valence-corrected chi connectivity index (χ1v) is 6.82. The highest BCUT2D eigenvalue weighted by Gasteiger charge is 2.12. The van der Waals surface area contributed by atoms with Crippen LogP contribution in [-0.4, -0.2) is 16.6 Å². The smallest absolute Gasteiger partial charge is 0.196 e. The van der Waals surface area contributed by atoms with Crippen LogP contribution in [0.3, 0.4) is 0 Å². The fourth-order valence-electron chi connectivity index (χ4n) is 1.26. The van der Waals surface area contributed by atoms with Gasteiger partial charge >= 0.3 is 0 Å². The second-order valence-electron chi connectivity index (χ2n) is 3.22. The minimum absolute atomic E-state index is 0.0895. The maximum absolute atomic E-state index is 12.9. The highest BCUT2D eigenvalue weighted by Crippen LogP contribution is 2.31. The Morgan fingerprint density at radius 1 is 1.53 bits per heavy atom. The van der Waals surface area contributed by atoms with Crippen molar-refractivity contribution < 1.29 is 9.18 Å². The molecule has 0 atom stereocenters. The molecule has 2 nitrogen and oxygen atoms in total. The van der Waals surface area contributed by atoms with Gasteiger partial charge in [0.2, 0.25) is 0 Å². The van der Waals surface area contributed by atoms with Gasteiger partial charge in [-0.25, -0.2) is 9.37 Å². The Labute approximate surface area is 115 Å². The van der Waals surface area contributed by atoms with Gasteiger partial charge in [-0.2, -0.15) is 0 Å². The van der Waals surface area contributed by atoms with E-state index >= 15 is 0 Å². The van der Waals surface area contributed by atoms with Gasteiger partial charge in [-0.3, -0.25) is 4.79 Å². The lowest BCUT2D eigenvalue weighted by Gasteiger charge is -1.99. The van der Waals surface area contributed by atoms with Crippen LogP contribution in [0.4, 0.5) is 4.39 Å². The van der Waals surface area contributed by atoms with Crippen LogP contribution >= 0.6 is 38.9 Å². The molecule has 88 valence electrons. The summed E-state index contributed by atoms with van der Waals surface area (Å²) in [7, 11) is 0. The van der Waals surface area contributed by atoms with Crippen LogP contribution in [0.1, 0.15) is 10.5 Å². The molecule has 1 aromatic heterocycles. The highest BCUT2D eigenvalue weighted by molar-refractivity contribution is 9.10. The number of hydrogen-bond acceptors (Lipinski definition) is 3. The topological polar surface area (TPSA) is 30.0 Å². The minimum atomic E-state index is -0.325. The van der Waals surface area contributed by atoms with Crippen molar-refractivity contribution in [3.05, 3.63) is 39.6 Å². The Kier molecular flexibility index (Phi) is 3.91. The van der Waals surface area contributed by atoms with E-state index in [1.807, 2.05) is 0 Å². The van der Waals surface area contributed by atoms with E-state index in [0.717, 1.165) is 5.56 Å². The Morgan fingerprint density at radius 3 is 2.94 bits per heavy atom. The van der Waals surface area contributed by atoms with Crippen LogP contribution in [0, 0.1) is 5.82 Å². The Morgan fingerprint density at radius 2 is 2.29 bits per heavy atom. The summed E-state index contributed by atoms with van der Waals surface area (Å²) in [5.41, 5.74) is 1.10. The molecule has 0 saturated carbocycles. The summed E-state index contributed by atoms with van der Waals surface area (Å²) < 4.78 is 13.5. The molecule has 0 spiro atoms. The van der Waals surface area contributed by atoms with E-state index in [4.69, 9.17) is 11.6 Å². The molecule has 0 amide bonds. The van der Waals surface area contributed by atoms with Crippen molar-refractivity contribution in [2.75, 3.05) is 5.88 Å². The van der Waals surface area contributed by atoms with E-state index < -0.39 is 0 Å². The van der Waals surface area contributed by atoms with E-state index in [1.54, 1.807) is 11.4 Å². The van der Waals surface area contributed by atoms with Gasteiger partial charge < -0.3 is 0 Å². The fraction of sp³-hybridized carbons (Fsp3) is 0.0909. The lowest BCUT2D eigenvalue weighted by Crippen LogP contribution is -2.00. The zero-order chi connectivity index (χ0) is 12.4. The fourth-order valence-corrected chi connectivity index (χ4v) is 2.93. The molecule has 0 aliphatic rings. The van der Waals surface area contributed by atoms with Crippen LogP contribution in [0.25, 0.3) is 10.6 Å². The number of Topliss-reactive ketones (excluding diaryl/α,β-unsaturated/α-hetero) is 1. The molecule has 2 aromatic rings. The van der Waals surface area contributed by atoms with E-state index in [-0.39, 0.29) is 17.5 Å². The Balaban J connectivity index is 2.40. The molecule has 0 aliphatic carbocycles. The summed E-state index contributed by atoms with van der Waals surface area (Å²) in [4.78, 5) is 15.5. The number of ketones is 1. The van der Waals surface area contributed by atoms with Crippen molar-refractivity contribution in [1.29, 1.82) is 0 Å². The van der Waals surface area contributed by atoms with Gasteiger partial charge in [0.25, 0.3) is 0 Å². The number of rotatable bonds is 3. The monoisotopic (exact) mass is 333 g/mol. The van der Waals surface area contributed by atoms with Crippen LogP contribution in [0.15, 0.2) is 28.1 Å². The number of thiazole rings is 1. The molecule has 0 N–H and O–H groups in total. The summed E-state index contributed by atoms with van der Waals surface area (Å²) in [5, 5.41) is 2.31. The Bertz CT molecular complexity index is 572. The summed E-state index contributed by atoms with van der Waals surface area (Å²) in [6.45, 7) is 0. The second kappa shape index (κ2) is 5.25. The third kappa shape index (κ3) is 2.73. The van der Waals surface area contributed by atoms with Crippen LogP contribution in [0.2, 0.25) is 0 Å². The van der Waals surface area contributed by atoms with Crippen LogP contribution in [0.5, 0.6) is 0 Å². The minimum Gasteiger partial charge on any atom is -0.291 e. The average Bonchev–Trinajstić information content (AvgIpc) is 2.77. The predicted molar refractivity (Wildman–Crippen MR) is 70.3 cm³/mol. The van der Waals surface area contributed by atoms with Gasteiger partial charge in [-0.1, -0.05) is 0 Å². The van der Waals surface area contributed by atoms with E-state index in [1.165, 1.54) is 23.5 Å². The molecule has 0 aliphatic heterocycles. The van der Waals surface area contributed by atoms with Crippen molar-refractivity contribution in [3.8, 4) is 10.6 Å². The molecular weight excluding hydrogens is 329 g/mol. The molecular formula is C11H6BrClFNOS. The number of halogens is 3. The molecule has 0 bridgehead atoms. The lowest BCUT2D eigenvalue weighted by molar-refractivity contribution is 0.101. The van der Waals surface area contributed by atoms with Gasteiger partial charge in [0.1, 0.15) is 16.5 Å². The summed E-state index contributed by atoms with van der Waals surface area (Å²) in [5.74, 6) is -0.630. The van der Waals surface area contributed by atoms with E-state index in [9.17, 15) is 9.18 Å². The number of alkyl halides is 1. The van der Waals surface area contributed by atoms with Gasteiger partial charge in [0, 0.05) is 15.4 Å². The van der Waals surface area contributed by atoms with Crippen molar-refractivity contribution in [1.82, 2.24) is 4.98 Å². The summed E-state index contributed by atoms with van der Waals surface area (Å²) in [6, 6.07) is 4.33. The number of aromatic nitrogens is 1. The van der Waals surface area contributed by atoms with Gasteiger partial charge in [0.15, 0.2) is 5.78 Å². The molecule has 0 saturated heterocycles. The van der Waals surface area contributed by atoms with Crippen molar-refractivity contribution in [2.24, 2.45) is 0 Å². The van der Waals surface area contributed by atoms with Crippen molar-refractivity contribution in [3.63, 3.8) is 0 Å². The predicted octanol–water partition coefficient (Wildman–Crippen LogP) is 4.13. The molecule has 0 radical (unpaired) electrons. The first kappa shape index (κ1) is 12.7. The van der Waals surface area contributed by atoms with Crippen molar-refractivity contribution >= 4 is 44.7 Å². The van der Waals surface area contributed by atoms with Gasteiger partial charge in [0.05, 0.1) is 5.88 Å². The zero-order valence-corrected chi connectivity index (χ0v) is 11.6. The first-order chi connectivity index (χ1) is 8.11. The standard InChI is InChI=1S/C11H6BrClFNOS/c12-8-3-6(14)1-2-7(8)11-15-9(5-17-11)10(16)4-13/h1-3,5H,4H2. The lowest BCUT2D eigenvalue weighted by atomic mass is 10.2. The zero-order valence-electron chi connectivity index (χ0n) is 8.41. The molecule has 1 heterocycles. The van der Waals surface area contributed by atoms with E-state index in [0.29, 0.717) is 15.2 Å². The normalized spacial score (nSPS) is 10.5. The van der Waals surface area contributed by atoms with E-state index in [2.05, 4.69) is 20.9 Å². The molecule has 6 heteroatoms. The molecule has 1 aromatic carbocycles. The third-order valence-corrected chi connectivity index (χ3v) is 3.85. The number of carbonyl (C=O) groups is 1. The quantitative estimate of drug-likeness (QED) is 0.624. The van der Waals surface area contributed by atoms with Gasteiger partial charge in [-0.05, 0) is 34.1 Å². The SMILES string of the molecule is O=C(CCl)c1csc(-c2ccc(F)cc2Br)n1. The number of nitrogens with zero attached hydrogens (tertiary/aromatic N) is 1. The molecule has 0 unspecified atom stereocenters.